The molecule has 136 valence electrons. The topological polar surface area (TPSA) is 101 Å². The maximum absolute atomic E-state index is 12.7. The minimum absolute atomic E-state index is 0.000590. The normalized spacial score (nSPS) is 11.0. The summed E-state index contributed by atoms with van der Waals surface area (Å²) in [6.45, 7) is 0. The highest BCUT2D eigenvalue weighted by molar-refractivity contribution is 7.91. The molecule has 0 bridgehead atoms. The van der Waals surface area contributed by atoms with E-state index in [1.165, 1.54) is 54.6 Å². The molecule has 3 aromatic carbocycles. The first-order valence-electron chi connectivity index (χ1n) is 7.93. The largest absolute Gasteiger partial charge is 0.478 e. The molecule has 0 aliphatic rings. The second kappa shape index (κ2) is 7.43. The zero-order valence-electron chi connectivity index (χ0n) is 14.0. The van der Waals surface area contributed by atoms with Gasteiger partial charge in [-0.25, -0.2) is 13.2 Å². The summed E-state index contributed by atoms with van der Waals surface area (Å²) in [4.78, 5) is 23.6. The average molecular weight is 381 g/mol. The predicted molar refractivity (Wildman–Crippen MR) is 99.7 cm³/mol. The molecule has 0 fully saturated rings. The molecule has 0 heterocycles. The second-order valence-electron chi connectivity index (χ2n) is 5.68. The van der Waals surface area contributed by atoms with Crippen LogP contribution in [0.4, 0.5) is 5.69 Å². The lowest BCUT2D eigenvalue weighted by Crippen LogP contribution is -2.13. The summed E-state index contributed by atoms with van der Waals surface area (Å²) >= 11 is 0. The van der Waals surface area contributed by atoms with Gasteiger partial charge in [0.05, 0.1) is 15.4 Å². The number of sulfone groups is 1. The molecule has 1 amide bonds. The standard InChI is InChI=1S/C20H15NO5S/c22-19(21-16-8-4-7-15(12-16)20(23)24)14-6-5-11-18(13-14)27(25,26)17-9-2-1-3-10-17/h1-13H,(H,21,22)(H,23,24). The number of aromatic carboxylic acids is 1. The zero-order chi connectivity index (χ0) is 19.4. The molecule has 0 atom stereocenters. The number of benzene rings is 3. The second-order valence-corrected chi connectivity index (χ2v) is 7.63. The van der Waals surface area contributed by atoms with E-state index in [1.807, 2.05) is 0 Å². The fourth-order valence-electron chi connectivity index (χ4n) is 2.47. The molecule has 0 spiro atoms. The van der Waals surface area contributed by atoms with Crippen molar-refractivity contribution in [1.29, 1.82) is 0 Å². The van der Waals surface area contributed by atoms with Crippen molar-refractivity contribution in [3.05, 3.63) is 90.0 Å². The van der Waals surface area contributed by atoms with Crippen LogP contribution in [0.15, 0.2) is 88.7 Å². The Morgan fingerprint density at radius 3 is 2.07 bits per heavy atom. The molecular formula is C20H15NO5S. The third-order valence-corrected chi connectivity index (χ3v) is 5.59. The molecule has 0 aromatic heterocycles. The number of rotatable bonds is 5. The molecule has 0 radical (unpaired) electrons. The summed E-state index contributed by atoms with van der Waals surface area (Å²) in [5.41, 5.74) is 0.483. The van der Waals surface area contributed by atoms with Crippen molar-refractivity contribution in [2.45, 2.75) is 9.79 Å². The summed E-state index contributed by atoms with van der Waals surface area (Å²) in [5.74, 6) is -1.65. The minimum atomic E-state index is -3.74. The molecule has 2 N–H and O–H groups in total. The van der Waals surface area contributed by atoms with Crippen molar-refractivity contribution in [3.8, 4) is 0 Å². The van der Waals surface area contributed by atoms with E-state index in [1.54, 1.807) is 24.3 Å². The molecule has 0 aliphatic heterocycles. The summed E-state index contributed by atoms with van der Waals surface area (Å²) in [6, 6.07) is 19.4. The van der Waals surface area contributed by atoms with Crippen molar-refractivity contribution in [2.24, 2.45) is 0 Å². The number of nitrogens with one attached hydrogen (secondary N) is 1. The van der Waals surface area contributed by atoms with Gasteiger partial charge in [0.25, 0.3) is 5.91 Å². The number of carboxylic acids is 1. The summed E-state index contributed by atoms with van der Waals surface area (Å²) in [5, 5.41) is 11.6. The molecule has 6 nitrogen and oxygen atoms in total. The molecule has 7 heteroatoms. The van der Waals surface area contributed by atoms with Crippen molar-refractivity contribution < 1.29 is 23.1 Å². The third-order valence-electron chi connectivity index (χ3n) is 3.83. The maximum atomic E-state index is 12.7. The molecule has 3 rings (SSSR count). The Bertz CT molecular complexity index is 1110. The van der Waals surface area contributed by atoms with Gasteiger partial charge in [-0.05, 0) is 48.5 Å². The van der Waals surface area contributed by atoms with Crippen molar-refractivity contribution in [1.82, 2.24) is 0 Å². The number of anilines is 1. The molecule has 0 unspecified atom stereocenters. The van der Waals surface area contributed by atoms with Gasteiger partial charge in [-0.15, -0.1) is 0 Å². The van der Waals surface area contributed by atoms with Crippen molar-refractivity contribution >= 4 is 27.4 Å². The fraction of sp³-hybridized carbons (Fsp3) is 0. The highest BCUT2D eigenvalue weighted by atomic mass is 32.2. The van der Waals surface area contributed by atoms with E-state index in [9.17, 15) is 18.0 Å². The molecule has 27 heavy (non-hydrogen) atoms. The Hall–Kier alpha value is -3.45. The van der Waals surface area contributed by atoms with Gasteiger partial charge in [-0.2, -0.15) is 0 Å². The van der Waals surface area contributed by atoms with Crippen LogP contribution in [0.1, 0.15) is 20.7 Å². The Balaban J connectivity index is 1.88. The number of hydrogen-bond donors (Lipinski definition) is 2. The summed E-state index contributed by atoms with van der Waals surface area (Å²) in [7, 11) is -3.74. The Kier molecular flexibility index (Phi) is 5.05. The molecule has 3 aromatic rings. The highest BCUT2D eigenvalue weighted by Crippen LogP contribution is 2.22. The summed E-state index contributed by atoms with van der Waals surface area (Å²) < 4.78 is 25.4. The van der Waals surface area contributed by atoms with Gasteiger partial charge in [0.1, 0.15) is 0 Å². The van der Waals surface area contributed by atoms with E-state index in [0.717, 1.165) is 0 Å². The van der Waals surface area contributed by atoms with Crippen LogP contribution in [0.25, 0.3) is 0 Å². The van der Waals surface area contributed by atoms with Crippen molar-refractivity contribution in [2.75, 3.05) is 5.32 Å². The average Bonchev–Trinajstić information content (AvgIpc) is 2.69. The zero-order valence-corrected chi connectivity index (χ0v) is 14.8. The smallest absolute Gasteiger partial charge is 0.335 e. The SMILES string of the molecule is O=C(O)c1cccc(NC(=O)c2cccc(S(=O)(=O)c3ccccc3)c2)c1. The van der Waals surface area contributed by atoms with Gasteiger partial charge in [-0.1, -0.05) is 30.3 Å². The lowest BCUT2D eigenvalue weighted by atomic mass is 10.2. The predicted octanol–water partition coefficient (Wildman–Crippen LogP) is 3.47. The minimum Gasteiger partial charge on any atom is -0.478 e. The molecule has 0 saturated heterocycles. The third kappa shape index (κ3) is 4.04. The van der Waals surface area contributed by atoms with Gasteiger partial charge < -0.3 is 10.4 Å². The number of carbonyl (C=O) groups is 2. The first kappa shape index (κ1) is 18.3. The van der Waals surface area contributed by atoms with Gasteiger partial charge in [0.2, 0.25) is 9.84 Å². The van der Waals surface area contributed by atoms with E-state index in [2.05, 4.69) is 5.32 Å². The monoisotopic (exact) mass is 381 g/mol. The number of carbonyl (C=O) groups excluding carboxylic acids is 1. The van der Waals surface area contributed by atoms with E-state index in [-0.39, 0.29) is 20.9 Å². The fourth-order valence-corrected chi connectivity index (χ4v) is 3.80. The lowest BCUT2D eigenvalue weighted by molar-refractivity contribution is 0.0696. The first-order valence-corrected chi connectivity index (χ1v) is 9.41. The van der Waals surface area contributed by atoms with Crippen molar-refractivity contribution in [3.63, 3.8) is 0 Å². The number of carboxylic acid groups (broad SMARTS) is 1. The van der Waals surface area contributed by atoms with Crippen LogP contribution in [-0.4, -0.2) is 25.4 Å². The number of amides is 1. The van der Waals surface area contributed by atoms with Gasteiger partial charge in [-0.3, -0.25) is 4.79 Å². The lowest BCUT2D eigenvalue weighted by Gasteiger charge is -2.09. The molecule has 0 saturated carbocycles. The van der Waals surface area contributed by atoms with Crippen LogP contribution in [0.5, 0.6) is 0 Å². The van der Waals surface area contributed by atoms with Gasteiger partial charge in [0, 0.05) is 11.3 Å². The van der Waals surface area contributed by atoms with E-state index in [0.29, 0.717) is 5.69 Å². The van der Waals surface area contributed by atoms with Crippen LogP contribution in [0, 0.1) is 0 Å². The Labute approximate surface area is 156 Å². The van der Waals surface area contributed by atoms with Crippen LogP contribution < -0.4 is 5.32 Å². The first-order chi connectivity index (χ1) is 12.9. The highest BCUT2D eigenvalue weighted by Gasteiger charge is 2.19. The molecular weight excluding hydrogens is 366 g/mol. The van der Waals surface area contributed by atoms with Crippen LogP contribution in [-0.2, 0) is 9.84 Å². The summed E-state index contributed by atoms with van der Waals surface area (Å²) in [6.07, 6.45) is 0. The maximum Gasteiger partial charge on any atom is 0.335 e. The molecule has 0 aliphatic carbocycles. The Morgan fingerprint density at radius 2 is 1.37 bits per heavy atom. The quantitative estimate of drug-likeness (QED) is 0.705. The van der Waals surface area contributed by atoms with Gasteiger partial charge >= 0.3 is 5.97 Å². The van der Waals surface area contributed by atoms with Crippen LogP contribution in [0.2, 0.25) is 0 Å². The number of hydrogen-bond acceptors (Lipinski definition) is 4. The Morgan fingerprint density at radius 1 is 0.741 bits per heavy atom. The van der Waals surface area contributed by atoms with E-state index < -0.39 is 21.7 Å². The van der Waals surface area contributed by atoms with Gasteiger partial charge in [0.15, 0.2) is 0 Å². The van der Waals surface area contributed by atoms with E-state index in [4.69, 9.17) is 5.11 Å². The van der Waals surface area contributed by atoms with Crippen LogP contribution in [0.3, 0.4) is 0 Å². The van der Waals surface area contributed by atoms with Crippen LogP contribution >= 0.6 is 0 Å². The van der Waals surface area contributed by atoms with E-state index >= 15 is 0 Å².